The van der Waals surface area contributed by atoms with E-state index in [0.29, 0.717) is 12.0 Å². The van der Waals surface area contributed by atoms with Crippen LogP contribution < -0.4 is 10.6 Å². The van der Waals surface area contributed by atoms with Crippen LogP contribution in [0, 0.1) is 5.92 Å². The molecule has 0 radical (unpaired) electrons. The van der Waals surface area contributed by atoms with Gasteiger partial charge in [0.1, 0.15) is 0 Å². The number of fused-ring (bicyclic) bond motifs is 1. The fourth-order valence-corrected chi connectivity index (χ4v) is 1.62. The van der Waals surface area contributed by atoms with Crippen molar-refractivity contribution in [2.24, 2.45) is 5.92 Å². The molecule has 50 valence electrons. The maximum atomic E-state index is 10.7. The van der Waals surface area contributed by atoms with Gasteiger partial charge in [0.05, 0.1) is 0 Å². The van der Waals surface area contributed by atoms with Gasteiger partial charge in [-0.25, -0.2) is 0 Å². The summed E-state index contributed by atoms with van der Waals surface area (Å²) in [6.45, 7) is 1.99. The van der Waals surface area contributed by atoms with Gasteiger partial charge in [0.15, 0.2) is 0 Å². The van der Waals surface area contributed by atoms with Gasteiger partial charge in [0, 0.05) is 31.5 Å². The lowest BCUT2D eigenvalue weighted by molar-refractivity contribution is -0.119. The number of rotatable bonds is 0. The summed E-state index contributed by atoms with van der Waals surface area (Å²) in [5, 5.41) is 6.14. The standard InChI is InChI=1S/C6H10N2O/c9-6-1-4-2-7-3-5(4)8-6/h4-5,7H,1-3H2,(H,8,9)/t4-,5+/m1/s1. The second-order valence-electron chi connectivity index (χ2n) is 2.80. The Morgan fingerprint density at radius 3 is 3.11 bits per heavy atom. The van der Waals surface area contributed by atoms with Gasteiger partial charge in [-0.3, -0.25) is 4.79 Å². The van der Waals surface area contributed by atoms with Crippen molar-refractivity contribution in [2.45, 2.75) is 12.5 Å². The first kappa shape index (κ1) is 5.23. The van der Waals surface area contributed by atoms with Crippen molar-refractivity contribution >= 4 is 5.91 Å². The van der Waals surface area contributed by atoms with Crippen molar-refractivity contribution in [3.8, 4) is 0 Å². The molecule has 0 aliphatic carbocycles. The number of hydrogen-bond donors (Lipinski definition) is 2. The van der Waals surface area contributed by atoms with E-state index in [1.807, 2.05) is 0 Å². The highest BCUT2D eigenvalue weighted by atomic mass is 16.2. The second kappa shape index (κ2) is 1.70. The maximum absolute atomic E-state index is 10.7. The molecule has 2 rings (SSSR count). The third kappa shape index (κ3) is 0.721. The van der Waals surface area contributed by atoms with Crippen LogP contribution in [0.2, 0.25) is 0 Å². The minimum atomic E-state index is 0.228. The number of carbonyl (C=O) groups excluding carboxylic acids is 1. The van der Waals surface area contributed by atoms with Crippen LogP contribution in [0.15, 0.2) is 0 Å². The molecule has 3 nitrogen and oxygen atoms in total. The number of nitrogens with one attached hydrogen (secondary N) is 2. The highest BCUT2D eigenvalue weighted by Gasteiger charge is 2.35. The summed E-state index contributed by atoms with van der Waals surface area (Å²) in [6.07, 6.45) is 0.734. The molecule has 9 heavy (non-hydrogen) atoms. The van der Waals surface area contributed by atoms with Crippen molar-refractivity contribution < 1.29 is 4.79 Å². The van der Waals surface area contributed by atoms with Crippen LogP contribution in [0.3, 0.4) is 0 Å². The van der Waals surface area contributed by atoms with Crippen molar-refractivity contribution in [3.63, 3.8) is 0 Å². The van der Waals surface area contributed by atoms with Crippen LogP contribution in [-0.2, 0) is 4.79 Å². The monoisotopic (exact) mass is 126 g/mol. The molecule has 0 bridgehead atoms. The Labute approximate surface area is 53.8 Å². The van der Waals surface area contributed by atoms with Gasteiger partial charge in [0.25, 0.3) is 0 Å². The molecule has 2 fully saturated rings. The lowest BCUT2D eigenvalue weighted by atomic mass is 10.1. The van der Waals surface area contributed by atoms with Gasteiger partial charge >= 0.3 is 0 Å². The SMILES string of the molecule is O=C1C[C@@H]2CNC[C@@H]2N1. The van der Waals surface area contributed by atoms with E-state index in [9.17, 15) is 4.79 Å². The predicted molar refractivity (Wildman–Crippen MR) is 32.9 cm³/mol. The molecular formula is C6H10N2O. The Morgan fingerprint density at radius 1 is 1.44 bits per heavy atom. The quantitative estimate of drug-likeness (QED) is 0.441. The first-order valence-electron chi connectivity index (χ1n) is 3.36. The van der Waals surface area contributed by atoms with Gasteiger partial charge in [-0.2, -0.15) is 0 Å². The summed E-state index contributed by atoms with van der Waals surface area (Å²) >= 11 is 0. The van der Waals surface area contributed by atoms with Crippen molar-refractivity contribution in [3.05, 3.63) is 0 Å². The average Bonchev–Trinajstić information content (AvgIpc) is 2.22. The number of amides is 1. The molecule has 2 aliphatic heterocycles. The van der Waals surface area contributed by atoms with E-state index >= 15 is 0 Å². The largest absolute Gasteiger partial charge is 0.352 e. The van der Waals surface area contributed by atoms with Crippen molar-refractivity contribution in [1.82, 2.24) is 10.6 Å². The first-order valence-corrected chi connectivity index (χ1v) is 3.36. The van der Waals surface area contributed by atoms with Gasteiger partial charge < -0.3 is 10.6 Å². The Kier molecular flexibility index (Phi) is 0.990. The fraction of sp³-hybridized carbons (Fsp3) is 0.833. The molecule has 2 aliphatic rings. The average molecular weight is 126 g/mol. The van der Waals surface area contributed by atoms with Crippen LogP contribution in [-0.4, -0.2) is 25.0 Å². The summed E-state index contributed by atoms with van der Waals surface area (Å²) in [7, 11) is 0. The normalized spacial score (nSPS) is 40.7. The summed E-state index contributed by atoms with van der Waals surface area (Å²) in [6, 6.07) is 0.442. The van der Waals surface area contributed by atoms with Crippen LogP contribution >= 0.6 is 0 Å². The third-order valence-electron chi connectivity index (χ3n) is 2.13. The van der Waals surface area contributed by atoms with Crippen LogP contribution in [0.4, 0.5) is 0 Å². The van der Waals surface area contributed by atoms with Gasteiger partial charge in [-0.1, -0.05) is 0 Å². The number of hydrogen-bond acceptors (Lipinski definition) is 2. The van der Waals surface area contributed by atoms with E-state index in [2.05, 4.69) is 10.6 Å². The van der Waals surface area contributed by atoms with Crippen LogP contribution in [0.25, 0.3) is 0 Å². The van der Waals surface area contributed by atoms with E-state index in [4.69, 9.17) is 0 Å². The zero-order valence-corrected chi connectivity index (χ0v) is 5.18. The fourth-order valence-electron chi connectivity index (χ4n) is 1.62. The number of carbonyl (C=O) groups is 1. The molecule has 2 heterocycles. The van der Waals surface area contributed by atoms with E-state index in [1.54, 1.807) is 0 Å². The summed E-state index contributed by atoms with van der Waals surface area (Å²) < 4.78 is 0. The van der Waals surface area contributed by atoms with E-state index in [-0.39, 0.29) is 5.91 Å². The predicted octanol–water partition coefficient (Wildman–Crippen LogP) is -0.906. The molecule has 0 spiro atoms. The molecule has 0 aromatic rings. The van der Waals surface area contributed by atoms with E-state index < -0.39 is 0 Å². The molecule has 0 aromatic heterocycles. The molecule has 2 atom stereocenters. The zero-order chi connectivity index (χ0) is 6.27. The van der Waals surface area contributed by atoms with Crippen molar-refractivity contribution in [1.29, 1.82) is 0 Å². The van der Waals surface area contributed by atoms with Crippen LogP contribution in [0.1, 0.15) is 6.42 Å². The maximum Gasteiger partial charge on any atom is 0.220 e. The minimum absolute atomic E-state index is 0.228. The summed E-state index contributed by atoms with van der Waals surface area (Å²) in [4.78, 5) is 10.7. The highest BCUT2D eigenvalue weighted by molar-refractivity contribution is 5.79. The summed E-state index contributed by atoms with van der Waals surface area (Å²) in [5.41, 5.74) is 0. The Bertz CT molecular complexity index is 132. The molecule has 2 saturated heterocycles. The Morgan fingerprint density at radius 2 is 2.33 bits per heavy atom. The smallest absolute Gasteiger partial charge is 0.220 e. The van der Waals surface area contributed by atoms with Gasteiger partial charge in [-0.05, 0) is 0 Å². The van der Waals surface area contributed by atoms with Gasteiger partial charge in [-0.15, -0.1) is 0 Å². The lowest BCUT2D eigenvalue weighted by Gasteiger charge is -2.03. The van der Waals surface area contributed by atoms with Gasteiger partial charge in [0.2, 0.25) is 5.91 Å². The van der Waals surface area contributed by atoms with E-state index in [1.165, 1.54) is 0 Å². The highest BCUT2D eigenvalue weighted by Crippen LogP contribution is 2.18. The summed E-state index contributed by atoms with van der Waals surface area (Å²) in [5.74, 6) is 0.809. The zero-order valence-electron chi connectivity index (χ0n) is 5.18. The minimum Gasteiger partial charge on any atom is -0.352 e. The molecule has 0 saturated carbocycles. The molecule has 1 amide bonds. The third-order valence-corrected chi connectivity index (χ3v) is 2.13. The molecule has 0 unspecified atom stereocenters. The lowest BCUT2D eigenvalue weighted by Crippen LogP contribution is -2.30. The molecular weight excluding hydrogens is 116 g/mol. The van der Waals surface area contributed by atoms with Crippen LogP contribution in [0.5, 0.6) is 0 Å². The molecule has 3 heteroatoms. The van der Waals surface area contributed by atoms with E-state index in [0.717, 1.165) is 19.5 Å². The topological polar surface area (TPSA) is 41.1 Å². The molecule has 2 N–H and O–H groups in total. The Hall–Kier alpha value is -0.570. The molecule has 0 aromatic carbocycles. The Balaban J connectivity index is 2.09. The second-order valence-corrected chi connectivity index (χ2v) is 2.80. The van der Waals surface area contributed by atoms with Crippen molar-refractivity contribution in [2.75, 3.05) is 13.1 Å². The first-order chi connectivity index (χ1) is 4.36.